The van der Waals surface area contributed by atoms with Gasteiger partial charge < -0.3 is 25.8 Å². The molecule has 4 aromatic rings. The molecule has 0 bridgehead atoms. The summed E-state index contributed by atoms with van der Waals surface area (Å²) >= 11 is 0. The predicted octanol–water partition coefficient (Wildman–Crippen LogP) is 6.33. The van der Waals surface area contributed by atoms with Crippen molar-refractivity contribution < 1.29 is 24.2 Å². The quantitative estimate of drug-likeness (QED) is 0.123. The number of carbonyl (C=O) groups is 3. The molecule has 1 aliphatic rings. The standard InChI is InChI=1S/C38H41N3O5/c1-2-3-5-18-34(36(43)39-28-21-19-27(24-42)20-22-28)40-37(44)35(23-26-12-6-4-7-13-26)41-38(45)46-25-33-31-16-10-8-14-29(31)30-15-9-11-17-32(30)33/h4,6-17,19-22,33-35,42H,2-3,5,18,23-25H2,1H3,(H,39,43)(H,40,44)(H,41,45)/t34-,35+/m0/s1. The van der Waals surface area contributed by atoms with Crippen molar-refractivity contribution in [3.05, 3.63) is 125 Å². The Balaban J connectivity index is 1.28. The summed E-state index contributed by atoms with van der Waals surface area (Å²) in [6.07, 6.45) is 2.60. The van der Waals surface area contributed by atoms with Crippen molar-refractivity contribution in [2.24, 2.45) is 0 Å². The summed E-state index contributed by atoms with van der Waals surface area (Å²) in [6.45, 7) is 2.10. The number of carbonyl (C=O) groups excluding carboxylic acids is 3. The largest absolute Gasteiger partial charge is 0.449 e. The lowest BCUT2D eigenvalue weighted by Gasteiger charge is -2.24. The van der Waals surface area contributed by atoms with Crippen LogP contribution in [0.1, 0.15) is 60.8 Å². The average molecular weight is 620 g/mol. The third-order valence-corrected chi connectivity index (χ3v) is 8.37. The molecule has 2 atom stereocenters. The van der Waals surface area contributed by atoms with E-state index in [-0.39, 0.29) is 31.5 Å². The van der Waals surface area contributed by atoms with E-state index in [2.05, 4.69) is 47.1 Å². The van der Waals surface area contributed by atoms with Crippen LogP contribution in [0.3, 0.4) is 0 Å². The molecule has 0 aromatic heterocycles. The Labute approximate surface area is 270 Å². The Bertz CT molecular complexity index is 1580. The number of fused-ring (bicyclic) bond motifs is 3. The van der Waals surface area contributed by atoms with Crippen LogP contribution >= 0.6 is 0 Å². The van der Waals surface area contributed by atoms with Gasteiger partial charge in [0.05, 0.1) is 6.61 Å². The number of alkyl carbamates (subject to hydrolysis) is 1. The number of aliphatic hydroxyl groups is 1. The molecule has 4 N–H and O–H groups in total. The molecule has 46 heavy (non-hydrogen) atoms. The van der Waals surface area contributed by atoms with Crippen LogP contribution in [0.25, 0.3) is 11.1 Å². The molecule has 0 saturated heterocycles. The molecule has 238 valence electrons. The monoisotopic (exact) mass is 619 g/mol. The number of rotatable bonds is 14. The Morgan fingerprint density at radius 2 is 1.35 bits per heavy atom. The summed E-state index contributed by atoms with van der Waals surface area (Å²) in [6, 6.07) is 30.8. The highest BCUT2D eigenvalue weighted by Crippen LogP contribution is 2.44. The number of benzene rings is 4. The molecule has 0 radical (unpaired) electrons. The van der Waals surface area contributed by atoms with Gasteiger partial charge in [0, 0.05) is 18.0 Å². The topological polar surface area (TPSA) is 117 Å². The van der Waals surface area contributed by atoms with Crippen LogP contribution < -0.4 is 16.0 Å². The first-order chi connectivity index (χ1) is 22.5. The van der Waals surface area contributed by atoms with Gasteiger partial charge in [-0.3, -0.25) is 9.59 Å². The molecule has 3 amide bonds. The van der Waals surface area contributed by atoms with Gasteiger partial charge in [0.1, 0.15) is 18.7 Å². The van der Waals surface area contributed by atoms with Gasteiger partial charge in [0.2, 0.25) is 11.8 Å². The first-order valence-corrected chi connectivity index (χ1v) is 15.9. The van der Waals surface area contributed by atoms with E-state index in [0.717, 1.165) is 52.6 Å². The zero-order valence-electron chi connectivity index (χ0n) is 26.1. The van der Waals surface area contributed by atoms with Crippen LogP contribution in [-0.2, 0) is 27.4 Å². The van der Waals surface area contributed by atoms with Crippen LogP contribution in [0.15, 0.2) is 103 Å². The molecule has 4 aromatic carbocycles. The van der Waals surface area contributed by atoms with E-state index >= 15 is 0 Å². The molecule has 8 heteroatoms. The number of ether oxygens (including phenoxy) is 1. The maximum Gasteiger partial charge on any atom is 0.407 e. The zero-order valence-corrected chi connectivity index (χ0v) is 26.1. The number of hydrogen-bond acceptors (Lipinski definition) is 5. The Kier molecular flexibility index (Phi) is 11.2. The van der Waals surface area contributed by atoms with E-state index in [1.807, 2.05) is 54.6 Å². The van der Waals surface area contributed by atoms with Crippen LogP contribution in [0.2, 0.25) is 0 Å². The van der Waals surface area contributed by atoms with Crippen LogP contribution in [-0.4, -0.2) is 41.7 Å². The number of unbranched alkanes of at least 4 members (excludes halogenated alkanes) is 2. The normalized spacial score (nSPS) is 13.2. The fraction of sp³-hybridized carbons (Fsp3) is 0.289. The van der Waals surface area contributed by atoms with E-state index in [0.29, 0.717) is 12.1 Å². The van der Waals surface area contributed by atoms with Crippen molar-refractivity contribution in [2.75, 3.05) is 11.9 Å². The van der Waals surface area contributed by atoms with Gasteiger partial charge in [-0.15, -0.1) is 0 Å². The molecular weight excluding hydrogens is 578 g/mol. The minimum Gasteiger partial charge on any atom is -0.449 e. The Hall–Kier alpha value is -4.95. The molecule has 0 aliphatic heterocycles. The van der Waals surface area contributed by atoms with Gasteiger partial charge in [0.25, 0.3) is 0 Å². The van der Waals surface area contributed by atoms with Gasteiger partial charge in [-0.2, -0.15) is 0 Å². The highest BCUT2D eigenvalue weighted by atomic mass is 16.5. The molecule has 0 unspecified atom stereocenters. The molecule has 5 rings (SSSR count). The fourth-order valence-electron chi connectivity index (χ4n) is 5.90. The lowest BCUT2D eigenvalue weighted by atomic mass is 9.98. The van der Waals surface area contributed by atoms with Crippen molar-refractivity contribution in [1.82, 2.24) is 10.6 Å². The summed E-state index contributed by atoms with van der Waals surface area (Å²) in [5.74, 6) is -0.928. The minimum atomic E-state index is -0.969. The third-order valence-electron chi connectivity index (χ3n) is 8.37. The number of amides is 3. The third kappa shape index (κ3) is 8.20. The maximum absolute atomic E-state index is 13.8. The summed E-state index contributed by atoms with van der Waals surface area (Å²) < 4.78 is 5.76. The second kappa shape index (κ2) is 15.9. The molecule has 8 nitrogen and oxygen atoms in total. The predicted molar refractivity (Wildman–Crippen MR) is 179 cm³/mol. The molecule has 0 fully saturated rings. The lowest BCUT2D eigenvalue weighted by molar-refractivity contribution is -0.128. The molecule has 1 aliphatic carbocycles. The van der Waals surface area contributed by atoms with E-state index in [9.17, 15) is 19.5 Å². The highest BCUT2D eigenvalue weighted by Gasteiger charge is 2.31. The SMILES string of the molecule is CCCCC[C@H](NC(=O)[C@@H](Cc1ccccc1)NC(=O)OCC1c2ccccc2-c2ccccc21)C(=O)Nc1ccc(CO)cc1. The van der Waals surface area contributed by atoms with Crippen LogP contribution in [0.4, 0.5) is 10.5 Å². The number of aliphatic hydroxyl groups excluding tert-OH is 1. The lowest BCUT2D eigenvalue weighted by Crippen LogP contribution is -2.53. The molecule has 0 heterocycles. The van der Waals surface area contributed by atoms with Crippen LogP contribution in [0.5, 0.6) is 0 Å². The number of nitrogens with one attached hydrogen (secondary N) is 3. The van der Waals surface area contributed by atoms with E-state index < -0.39 is 24.1 Å². The second-order valence-electron chi connectivity index (χ2n) is 11.6. The Morgan fingerprint density at radius 1 is 0.717 bits per heavy atom. The van der Waals surface area contributed by atoms with E-state index in [1.54, 1.807) is 24.3 Å². The van der Waals surface area contributed by atoms with Gasteiger partial charge in [0.15, 0.2) is 0 Å². The first kappa shape index (κ1) is 32.4. The van der Waals surface area contributed by atoms with Gasteiger partial charge in [-0.25, -0.2) is 4.79 Å². The van der Waals surface area contributed by atoms with Crippen molar-refractivity contribution in [3.8, 4) is 11.1 Å². The van der Waals surface area contributed by atoms with Crippen molar-refractivity contribution in [1.29, 1.82) is 0 Å². The summed E-state index contributed by atoms with van der Waals surface area (Å²) in [7, 11) is 0. The van der Waals surface area contributed by atoms with Crippen molar-refractivity contribution in [3.63, 3.8) is 0 Å². The second-order valence-corrected chi connectivity index (χ2v) is 11.6. The average Bonchev–Trinajstić information content (AvgIpc) is 3.41. The van der Waals surface area contributed by atoms with Crippen LogP contribution in [0, 0.1) is 0 Å². The fourth-order valence-corrected chi connectivity index (χ4v) is 5.90. The minimum absolute atomic E-state index is 0.0938. The smallest absolute Gasteiger partial charge is 0.407 e. The van der Waals surface area contributed by atoms with E-state index in [1.165, 1.54) is 0 Å². The molecule has 0 spiro atoms. The summed E-state index contributed by atoms with van der Waals surface area (Å²) in [5.41, 5.74) is 6.61. The first-order valence-electron chi connectivity index (χ1n) is 15.9. The van der Waals surface area contributed by atoms with Crippen molar-refractivity contribution in [2.45, 2.75) is 63.6 Å². The maximum atomic E-state index is 13.8. The van der Waals surface area contributed by atoms with Gasteiger partial charge >= 0.3 is 6.09 Å². The van der Waals surface area contributed by atoms with E-state index in [4.69, 9.17) is 4.74 Å². The highest BCUT2D eigenvalue weighted by molar-refractivity contribution is 5.98. The summed E-state index contributed by atoms with van der Waals surface area (Å²) in [5, 5.41) is 17.9. The molecule has 0 saturated carbocycles. The zero-order chi connectivity index (χ0) is 32.3. The Morgan fingerprint density at radius 3 is 1.98 bits per heavy atom. The summed E-state index contributed by atoms with van der Waals surface area (Å²) in [4.78, 5) is 40.4. The van der Waals surface area contributed by atoms with Crippen molar-refractivity contribution >= 4 is 23.6 Å². The van der Waals surface area contributed by atoms with Gasteiger partial charge in [-0.05, 0) is 51.9 Å². The van der Waals surface area contributed by atoms with Gasteiger partial charge in [-0.1, -0.05) is 117 Å². The number of hydrogen-bond donors (Lipinski definition) is 4. The number of anilines is 1. The molecular formula is C38H41N3O5.